The molecule has 1 aromatic heterocycles. The molecule has 5 rings (SSSR count). The third-order valence-electron chi connectivity index (χ3n) is 5.46. The second-order valence-electron chi connectivity index (χ2n) is 7.21. The van der Waals surface area contributed by atoms with E-state index < -0.39 is 0 Å². The number of nitrogens with zero attached hydrogens (tertiary/aromatic N) is 4. The van der Waals surface area contributed by atoms with Crippen LogP contribution in [0.3, 0.4) is 0 Å². The van der Waals surface area contributed by atoms with Crippen molar-refractivity contribution < 1.29 is 4.79 Å². The average molecular weight is 381 g/mol. The van der Waals surface area contributed by atoms with Crippen LogP contribution in [-0.2, 0) is 13.0 Å². The van der Waals surface area contributed by atoms with Crippen LogP contribution in [0.2, 0.25) is 0 Å². The molecule has 3 aromatic rings. The van der Waals surface area contributed by atoms with Crippen molar-refractivity contribution in [2.24, 2.45) is 0 Å². The molecular formula is C23H19N5O. The Labute approximate surface area is 168 Å². The van der Waals surface area contributed by atoms with Gasteiger partial charge in [0.1, 0.15) is 5.82 Å². The molecule has 0 unspecified atom stereocenters. The number of carbonyl (C=O) groups is 1. The second kappa shape index (κ2) is 6.95. The van der Waals surface area contributed by atoms with E-state index in [0.717, 1.165) is 42.9 Å². The fourth-order valence-electron chi connectivity index (χ4n) is 3.80. The lowest BCUT2D eigenvalue weighted by Gasteiger charge is -2.25. The van der Waals surface area contributed by atoms with Crippen molar-refractivity contribution in [1.82, 2.24) is 14.5 Å². The van der Waals surface area contributed by atoms with Gasteiger partial charge in [0.05, 0.1) is 22.7 Å². The van der Waals surface area contributed by atoms with Crippen LogP contribution in [0.1, 0.15) is 21.7 Å². The monoisotopic (exact) mass is 381 g/mol. The van der Waals surface area contributed by atoms with Crippen LogP contribution in [0.15, 0.2) is 66.4 Å². The molecule has 0 bridgehead atoms. The van der Waals surface area contributed by atoms with E-state index >= 15 is 0 Å². The van der Waals surface area contributed by atoms with Crippen LogP contribution in [0, 0.1) is 11.3 Å². The van der Waals surface area contributed by atoms with Gasteiger partial charge in [-0.3, -0.25) is 4.79 Å². The van der Waals surface area contributed by atoms with Crippen molar-refractivity contribution in [2.75, 3.05) is 18.4 Å². The van der Waals surface area contributed by atoms with Crippen LogP contribution in [-0.4, -0.2) is 33.4 Å². The topological polar surface area (TPSA) is 74.0 Å². The zero-order chi connectivity index (χ0) is 19.8. The van der Waals surface area contributed by atoms with Gasteiger partial charge < -0.3 is 14.8 Å². The minimum atomic E-state index is -0.174. The number of nitrogens with one attached hydrogen (secondary N) is 1. The number of hydrogen-bond acceptors (Lipinski definition) is 4. The standard InChI is InChI=1S/C23H19N5O/c24-15-16-4-7-18(8-5-16)25-23(29)17-6-9-20-21(14-17)28-13-12-27(19-2-1-3-19)11-10-22(28)26-20/h1-9,14H,10-13H2,(H,25,29). The van der Waals surface area contributed by atoms with Crippen molar-refractivity contribution in [2.45, 2.75) is 13.0 Å². The highest BCUT2D eigenvalue weighted by molar-refractivity contribution is 6.06. The van der Waals surface area contributed by atoms with E-state index in [1.54, 1.807) is 24.3 Å². The Morgan fingerprint density at radius 2 is 1.93 bits per heavy atom. The number of rotatable bonds is 3. The summed E-state index contributed by atoms with van der Waals surface area (Å²) in [6.07, 6.45) is 7.22. The number of imidazole rings is 1. The van der Waals surface area contributed by atoms with Gasteiger partial charge in [-0.2, -0.15) is 5.26 Å². The fraction of sp³-hybridized carbons (Fsp3) is 0.174. The normalized spacial score (nSPS) is 15.1. The molecule has 2 aromatic carbocycles. The molecule has 0 radical (unpaired) electrons. The molecule has 1 aliphatic carbocycles. The second-order valence-corrected chi connectivity index (χ2v) is 7.21. The summed E-state index contributed by atoms with van der Waals surface area (Å²) in [5.41, 5.74) is 5.02. The zero-order valence-electron chi connectivity index (χ0n) is 15.8. The lowest BCUT2D eigenvalue weighted by molar-refractivity contribution is 0.102. The van der Waals surface area contributed by atoms with Gasteiger partial charge in [0.25, 0.3) is 5.91 Å². The molecule has 6 heteroatoms. The molecule has 2 aliphatic rings. The van der Waals surface area contributed by atoms with Gasteiger partial charge in [-0.15, -0.1) is 0 Å². The van der Waals surface area contributed by atoms with E-state index in [0.29, 0.717) is 16.8 Å². The number of amides is 1. The Morgan fingerprint density at radius 1 is 1.10 bits per heavy atom. The Morgan fingerprint density at radius 3 is 2.66 bits per heavy atom. The zero-order valence-corrected chi connectivity index (χ0v) is 15.8. The van der Waals surface area contributed by atoms with Crippen LogP contribution < -0.4 is 5.32 Å². The molecule has 1 amide bonds. The lowest BCUT2D eigenvalue weighted by atomic mass is 10.1. The predicted molar refractivity (Wildman–Crippen MR) is 111 cm³/mol. The van der Waals surface area contributed by atoms with Gasteiger partial charge in [-0.05, 0) is 54.6 Å². The molecule has 0 atom stereocenters. The largest absolute Gasteiger partial charge is 0.369 e. The first kappa shape index (κ1) is 17.3. The van der Waals surface area contributed by atoms with Crippen LogP contribution in [0.5, 0.6) is 0 Å². The summed E-state index contributed by atoms with van der Waals surface area (Å²) >= 11 is 0. The van der Waals surface area contributed by atoms with E-state index in [-0.39, 0.29) is 5.91 Å². The molecule has 1 N–H and O–H groups in total. The van der Waals surface area contributed by atoms with Crippen molar-refractivity contribution in [3.05, 3.63) is 83.3 Å². The summed E-state index contributed by atoms with van der Waals surface area (Å²) < 4.78 is 2.23. The summed E-state index contributed by atoms with van der Waals surface area (Å²) in [7, 11) is 0. The number of aromatic nitrogens is 2. The molecule has 0 fully saturated rings. The van der Waals surface area contributed by atoms with Gasteiger partial charge in [0.2, 0.25) is 0 Å². The van der Waals surface area contributed by atoms with E-state index in [1.807, 2.05) is 18.2 Å². The number of allylic oxidation sites excluding steroid dienone is 3. The SMILES string of the molecule is N#Cc1ccc(NC(=O)c2ccc3nc4n(c3c2)CCN(C2=CC=C2)CC4)cc1. The van der Waals surface area contributed by atoms with Crippen LogP contribution >= 0.6 is 0 Å². The number of benzene rings is 2. The Bertz CT molecular complexity index is 1210. The molecule has 6 nitrogen and oxygen atoms in total. The summed E-state index contributed by atoms with van der Waals surface area (Å²) in [5.74, 6) is 0.892. The van der Waals surface area contributed by atoms with E-state index in [4.69, 9.17) is 10.2 Å². The summed E-state index contributed by atoms with van der Waals surface area (Å²) in [6, 6.07) is 14.6. The lowest BCUT2D eigenvalue weighted by Crippen LogP contribution is -2.26. The molecule has 0 saturated carbocycles. The maximum absolute atomic E-state index is 12.7. The first-order valence-corrected chi connectivity index (χ1v) is 9.65. The van der Waals surface area contributed by atoms with Gasteiger partial charge in [-0.1, -0.05) is 6.08 Å². The first-order chi connectivity index (χ1) is 14.2. The number of anilines is 1. The third-order valence-corrected chi connectivity index (χ3v) is 5.46. The molecule has 0 spiro atoms. The smallest absolute Gasteiger partial charge is 0.255 e. The highest BCUT2D eigenvalue weighted by Crippen LogP contribution is 2.24. The minimum absolute atomic E-state index is 0.174. The van der Waals surface area contributed by atoms with Gasteiger partial charge in [0, 0.05) is 43.0 Å². The Kier molecular flexibility index (Phi) is 4.14. The van der Waals surface area contributed by atoms with Crippen molar-refractivity contribution >= 4 is 22.6 Å². The van der Waals surface area contributed by atoms with E-state index in [9.17, 15) is 4.79 Å². The van der Waals surface area contributed by atoms with E-state index in [1.165, 1.54) is 5.70 Å². The Hall–Kier alpha value is -3.85. The summed E-state index contributed by atoms with van der Waals surface area (Å²) in [5, 5.41) is 11.8. The number of hydrogen-bond donors (Lipinski definition) is 1. The maximum Gasteiger partial charge on any atom is 0.255 e. The molecule has 1 aliphatic heterocycles. The van der Waals surface area contributed by atoms with Gasteiger partial charge >= 0.3 is 0 Å². The molecule has 0 saturated heterocycles. The fourth-order valence-corrected chi connectivity index (χ4v) is 3.80. The molecule has 142 valence electrons. The maximum atomic E-state index is 12.7. The van der Waals surface area contributed by atoms with E-state index in [2.05, 4.69) is 39.1 Å². The quantitative estimate of drug-likeness (QED) is 0.754. The van der Waals surface area contributed by atoms with Gasteiger partial charge in [0.15, 0.2) is 0 Å². The third kappa shape index (κ3) is 3.17. The first-order valence-electron chi connectivity index (χ1n) is 9.65. The number of nitriles is 1. The number of carbonyl (C=O) groups excluding carboxylic acids is 1. The summed E-state index contributed by atoms with van der Waals surface area (Å²) in [6.45, 7) is 2.72. The number of fused-ring (bicyclic) bond motifs is 3. The molecule has 29 heavy (non-hydrogen) atoms. The predicted octanol–water partition coefficient (Wildman–Crippen LogP) is 3.47. The van der Waals surface area contributed by atoms with Crippen LogP contribution in [0.25, 0.3) is 11.0 Å². The minimum Gasteiger partial charge on any atom is -0.369 e. The molecular weight excluding hydrogens is 362 g/mol. The van der Waals surface area contributed by atoms with Gasteiger partial charge in [-0.25, -0.2) is 4.98 Å². The molecule has 2 heterocycles. The highest BCUT2D eigenvalue weighted by Gasteiger charge is 2.20. The van der Waals surface area contributed by atoms with Crippen molar-refractivity contribution in [3.63, 3.8) is 0 Å². The van der Waals surface area contributed by atoms with Crippen molar-refractivity contribution in [3.8, 4) is 6.07 Å². The Balaban J connectivity index is 1.39. The highest BCUT2D eigenvalue weighted by atomic mass is 16.1. The van der Waals surface area contributed by atoms with Crippen molar-refractivity contribution in [1.29, 1.82) is 5.26 Å². The summed E-state index contributed by atoms with van der Waals surface area (Å²) in [4.78, 5) is 19.9. The van der Waals surface area contributed by atoms with Crippen LogP contribution in [0.4, 0.5) is 5.69 Å². The average Bonchev–Trinajstić information content (AvgIpc) is 2.93.